The molecule has 0 unspecified atom stereocenters. The first-order valence-electron chi connectivity index (χ1n) is 5.60. The van der Waals surface area contributed by atoms with Crippen molar-refractivity contribution < 1.29 is 19.7 Å². The van der Waals surface area contributed by atoms with Gasteiger partial charge in [-0.05, 0) is 44.5 Å². The molecule has 0 aromatic heterocycles. The summed E-state index contributed by atoms with van der Waals surface area (Å²) in [6.07, 6.45) is 1.28. The highest BCUT2D eigenvalue weighted by atomic mass is 16.6. The monoisotopic (exact) mass is 261 g/mol. The summed E-state index contributed by atoms with van der Waals surface area (Å²) >= 11 is 0. The molecule has 0 fully saturated rings. The van der Waals surface area contributed by atoms with Gasteiger partial charge in [0, 0.05) is 0 Å². The minimum atomic E-state index is -0.734. The Labute approximate surface area is 111 Å². The lowest BCUT2D eigenvalue weighted by Crippen LogP contribution is -2.24. The Morgan fingerprint density at radius 1 is 1.32 bits per heavy atom. The molecule has 5 heteroatoms. The third kappa shape index (κ3) is 4.36. The third-order valence-electron chi connectivity index (χ3n) is 2.05. The van der Waals surface area contributed by atoms with Crippen molar-refractivity contribution in [3.05, 3.63) is 29.3 Å². The van der Waals surface area contributed by atoms with E-state index in [9.17, 15) is 9.90 Å². The van der Waals surface area contributed by atoms with Gasteiger partial charge in [-0.2, -0.15) is 5.26 Å². The smallest absolute Gasteiger partial charge is 0.349 e. The van der Waals surface area contributed by atoms with Gasteiger partial charge in [-0.1, -0.05) is 6.07 Å². The van der Waals surface area contributed by atoms with Crippen molar-refractivity contribution in [2.45, 2.75) is 26.4 Å². The lowest BCUT2D eigenvalue weighted by molar-refractivity contribution is -0.149. The second kappa shape index (κ2) is 5.44. The molecule has 0 aliphatic rings. The van der Waals surface area contributed by atoms with Crippen LogP contribution in [0.5, 0.6) is 11.5 Å². The molecule has 100 valence electrons. The van der Waals surface area contributed by atoms with E-state index in [0.29, 0.717) is 5.56 Å². The van der Waals surface area contributed by atoms with Crippen LogP contribution >= 0.6 is 0 Å². The first-order chi connectivity index (χ1) is 8.73. The molecule has 0 saturated heterocycles. The van der Waals surface area contributed by atoms with Gasteiger partial charge >= 0.3 is 5.97 Å². The average molecular weight is 261 g/mol. The molecule has 5 nitrogen and oxygen atoms in total. The van der Waals surface area contributed by atoms with Crippen molar-refractivity contribution in [2.24, 2.45) is 0 Å². The number of rotatable bonds is 2. The predicted octanol–water partition coefficient (Wildman–Crippen LogP) is 2.35. The van der Waals surface area contributed by atoms with E-state index in [1.165, 1.54) is 24.3 Å². The van der Waals surface area contributed by atoms with Crippen LogP contribution in [-0.2, 0) is 9.53 Å². The molecule has 0 aliphatic heterocycles. The number of carbonyl (C=O) groups excluding carboxylic acids is 1. The quantitative estimate of drug-likeness (QED) is 0.369. The van der Waals surface area contributed by atoms with Gasteiger partial charge in [0.15, 0.2) is 11.5 Å². The maximum Gasteiger partial charge on any atom is 0.349 e. The Morgan fingerprint density at radius 2 is 1.95 bits per heavy atom. The number of carbonyl (C=O) groups is 1. The summed E-state index contributed by atoms with van der Waals surface area (Å²) in [7, 11) is 0. The van der Waals surface area contributed by atoms with Gasteiger partial charge in [0.25, 0.3) is 0 Å². The van der Waals surface area contributed by atoms with E-state index in [0.717, 1.165) is 0 Å². The summed E-state index contributed by atoms with van der Waals surface area (Å²) in [6, 6.07) is 5.73. The van der Waals surface area contributed by atoms with Crippen LogP contribution in [0.4, 0.5) is 0 Å². The molecular formula is C14H15NO4. The summed E-state index contributed by atoms with van der Waals surface area (Å²) in [5.41, 5.74) is -0.456. The normalized spacial score (nSPS) is 11.8. The molecule has 0 spiro atoms. The fraction of sp³-hybridized carbons (Fsp3) is 0.286. The molecule has 1 aromatic rings. The van der Waals surface area contributed by atoms with Gasteiger partial charge in [0.1, 0.15) is 17.2 Å². The van der Waals surface area contributed by atoms with Crippen molar-refractivity contribution in [1.82, 2.24) is 0 Å². The van der Waals surface area contributed by atoms with Crippen molar-refractivity contribution in [3.8, 4) is 17.6 Å². The molecule has 0 bridgehead atoms. The average Bonchev–Trinajstić information content (AvgIpc) is 2.28. The molecule has 19 heavy (non-hydrogen) atoms. The topological polar surface area (TPSA) is 90.6 Å². The largest absolute Gasteiger partial charge is 0.504 e. The second-order valence-electron chi connectivity index (χ2n) is 4.92. The Bertz CT molecular complexity index is 562. The van der Waals surface area contributed by atoms with E-state index in [-0.39, 0.29) is 17.1 Å². The van der Waals surface area contributed by atoms with Crippen molar-refractivity contribution >= 4 is 12.0 Å². The van der Waals surface area contributed by atoms with Crippen LogP contribution in [0.2, 0.25) is 0 Å². The Kier molecular flexibility index (Phi) is 4.18. The van der Waals surface area contributed by atoms with E-state index in [1.807, 2.05) is 0 Å². The number of hydrogen-bond acceptors (Lipinski definition) is 5. The molecule has 1 rings (SSSR count). The zero-order valence-corrected chi connectivity index (χ0v) is 11.0. The van der Waals surface area contributed by atoms with E-state index >= 15 is 0 Å². The number of aromatic hydroxyl groups is 2. The SMILES string of the molecule is CC(C)(C)OC(=O)/C(C#N)=C/c1ccc(O)c(O)c1. The van der Waals surface area contributed by atoms with E-state index in [2.05, 4.69) is 0 Å². The molecule has 1 aromatic carbocycles. The number of nitriles is 1. The highest BCUT2D eigenvalue weighted by Gasteiger charge is 2.19. The van der Waals surface area contributed by atoms with Crippen LogP contribution in [0, 0.1) is 11.3 Å². The summed E-state index contributed by atoms with van der Waals surface area (Å²) in [6.45, 7) is 5.10. The molecule has 0 radical (unpaired) electrons. The number of hydrogen-bond donors (Lipinski definition) is 2. The lowest BCUT2D eigenvalue weighted by atomic mass is 10.1. The highest BCUT2D eigenvalue weighted by molar-refractivity contribution is 5.98. The first-order valence-corrected chi connectivity index (χ1v) is 5.60. The molecule has 0 amide bonds. The van der Waals surface area contributed by atoms with Crippen molar-refractivity contribution in [1.29, 1.82) is 5.26 Å². The van der Waals surface area contributed by atoms with Crippen molar-refractivity contribution in [2.75, 3.05) is 0 Å². The molecule has 2 N–H and O–H groups in total. The van der Waals surface area contributed by atoms with Gasteiger partial charge in [-0.15, -0.1) is 0 Å². The maximum atomic E-state index is 11.7. The third-order valence-corrected chi connectivity index (χ3v) is 2.05. The number of esters is 1. The van der Waals surface area contributed by atoms with Crippen LogP contribution < -0.4 is 0 Å². The second-order valence-corrected chi connectivity index (χ2v) is 4.92. The van der Waals surface area contributed by atoms with E-state index in [4.69, 9.17) is 15.1 Å². The van der Waals surface area contributed by atoms with Crippen LogP contribution in [-0.4, -0.2) is 21.8 Å². The van der Waals surface area contributed by atoms with Crippen LogP contribution in [0.3, 0.4) is 0 Å². The summed E-state index contributed by atoms with van der Waals surface area (Å²) in [5, 5.41) is 27.4. The van der Waals surface area contributed by atoms with Crippen LogP contribution in [0.1, 0.15) is 26.3 Å². The van der Waals surface area contributed by atoms with Crippen molar-refractivity contribution in [3.63, 3.8) is 0 Å². The highest BCUT2D eigenvalue weighted by Crippen LogP contribution is 2.26. The first kappa shape index (κ1) is 14.6. The fourth-order valence-electron chi connectivity index (χ4n) is 1.27. The predicted molar refractivity (Wildman–Crippen MR) is 69.2 cm³/mol. The Balaban J connectivity index is 3.03. The van der Waals surface area contributed by atoms with Gasteiger partial charge in [-0.3, -0.25) is 0 Å². The Morgan fingerprint density at radius 3 is 2.42 bits per heavy atom. The summed E-state index contributed by atoms with van der Waals surface area (Å²) in [5.74, 6) is -1.33. The minimum absolute atomic E-state index is 0.181. The number of nitrogens with zero attached hydrogens (tertiary/aromatic N) is 1. The Hall–Kier alpha value is -2.48. The molecule has 0 heterocycles. The van der Waals surface area contributed by atoms with E-state index < -0.39 is 11.6 Å². The van der Waals surface area contributed by atoms with E-state index in [1.54, 1.807) is 26.8 Å². The van der Waals surface area contributed by atoms with Gasteiger partial charge in [0.05, 0.1) is 0 Å². The fourth-order valence-corrected chi connectivity index (χ4v) is 1.27. The number of benzene rings is 1. The van der Waals surface area contributed by atoms with Crippen LogP contribution in [0.15, 0.2) is 23.8 Å². The number of phenolic OH excluding ortho intramolecular Hbond substituents is 2. The summed E-state index contributed by atoms with van der Waals surface area (Å²) < 4.78 is 5.08. The van der Waals surface area contributed by atoms with Gasteiger partial charge < -0.3 is 14.9 Å². The zero-order valence-electron chi connectivity index (χ0n) is 11.0. The molecular weight excluding hydrogens is 246 g/mol. The van der Waals surface area contributed by atoms with Crippen LogP contribution in [0.25, 0.3) is 6.08 Å². The number of ether oxygens (including phenoxy) is 1. The summed E-state index contributed by atoms with van der Waals surface area (Å²) in [4.78, 5) is 11.7. The molecule has 0 saturated carbocycles. The molecule has 0 atom stereocenters. The maximum absolute atomic E-state index is 11.7. The van der Waals surface area contributed by atoms with Gasteiger partial charge in [-0.25, -0.2) is 4.79 Å². The van der Waals surface area contributed by atoms with Gasteiger partial charge in [0.2, 0.25) is 0 Å². The lowest BCUT2D eigenvalue weighted by Gasteiger charge is -2.18. The number of phenols is 2. The zero-order chi connectivity index (χ0) is 14.6. The standard InChI is InChI=1S/C14H15NO4/c1-14(2,3)19-13(18)10(8-15)6-9-4-5-11(16)12(17)7-9/h4-7,16-17H,1-3H3/b10-6+. The molecule has 0 aliphatic carbocycles. The minimum Gasteiger partial charge on any atom is -0.504 e.